The maximum atomic E-state index is 9.06. The minimum atomic E-state index is 0.592. The molecule has 2 rings (SSSR count). The lowest BCUT2D eigenvalue weighted by Gasteiger charge is -2.28. The summed E-state index contributed by atoms with van der Waals surface area (Å²) in [7, 11) is 1.56. The number of nitrogens with one attached hydrogen (secondary N) is 3. The van der Waals surface area contributed by atoms with Crippen LogP contribution in [0.15, 0.2) is 18.3 Å². The first kappa shape index (κ1) is 12.4. The van der Waals surface area contributed by atoms with Gasteiger partial charge in [-0.2, -0.15) is 0 Å². The second kappa shape index (κ2) is 6.79. The van der Waals surface area contributed by atoms with Gasteiger partial charge in [0.15, 0.2) is 0 Å². The SMILES string of the molecule is CNC=O.Cc1ccc(NC2CNC2)cn1. The number of amides is 1. The van der Waals surface area contributed by atoms with E-state index in [1.807, 2.05) is 19.2 Å². The van der Waals surface area contributed by atoms with Crippen LogP contribution in [0.25, 0.3) is 0 Å². The molecule has 1 aliphatic rings. The Morgan fingerprint density at radius 1 is 1.50 bits per heavy atom. The number of hydrogen-bond acceptors (Lipinski definition) is 4. The van der Waals surface area contributed by atoms with Crippen LogP contribution in [-0.2, 0) is 4.79 Å². The van der Waals surface area contributed by atoms with E-state index in [9.17, 15) is 0 Å². The summed E-state index contributed by atoms with van der Waals surface area (Å²) >= 11 is 0. The van der Waals surface area contributed by atoms with Crippen molar-refractivity contribution in [2.24, 2.45) is 0 Å². The second-order valence-electron chi connectivity index (χ2n) is 3.59. The Morgan fingerprint density at radius 2 is 2.19 bits per heavy atom. The standard InChI is InChI=1S/C9H13N3.C2H5NO/c1-7-2-3-8(6-11-7)12-9-4-10-5-9;1-3-2-4/h2-3,6,9-10,12H,4-5H2,1H3;2H,1H3,(H,3,4). The van der Waals surface area contributed by atoms with Crippen molar-refractivity contribution in [2.45, 2.75) is 13.0 Å². The number of carbonyl (C=O) groups excluding carboxylic acids is 1. The van der Waals surface area contributed by atoms with Gasteiger partial charge in [0.2, 0.25) is 6.41 Å². The van der Waals surface area contributed by atoms with E-state index in [-0.39, 0.29) is 0 Å². The zero-order valence-corrected chi connectivity index (χ0v) is 9.66. The molecule has 0 aromatic carbocycles. The minimum absolute atomic E-state index is 0.592. The molecule has 0 radical (unpaired) electrons. The van der Waals surface area contributed by atoms with Crippen LogP contribution < -0.4 is 16.0 Å². The highest BCUT2D eigenvalue weighted by molar-refractivity contribution is 5.44. The first-order chi connectivity index (χ1) is 7.76. The lowest BCUT2D eigenvalue weighted by atomic mass is 10.2. The van der Waals surface area contributed by atoms with Crippen LogP contribution in [0, 0.1) is 6.92 Å². The minimum Gasteiger partial charge on any atom is -0.379 e. The molecule has 1 aromatic heterocycles. The number of pyridine rings is 1. The third-order valence-electron chi connectivity index (χ3n) is 2.18. The first-order valence-electron chi connectivity index (χ1n) is 5.27. The van der Waals surface area contributed by atoms with Crippen LogP contribution in [-0.4, -0.2) is 37.6 Å². The smallest absolute Gasteiger partial charge is 0.206 e. The summed E-state index contributed by atoms with van der Waals surface area (Å²) in [6.45, 7) is 4.12. The Hall–Kier alpha value is -1.62. The summed E-state index contributed by atoms with van der Waals surface area (Å²) in [5.41, 5.74) is 2.18. The van der Waals surface area contributed by atoms with Gasteiger partial charge in [-0.15, -0.1) is 0 Å². The quantitative estimate of drug-likeness (QED) is 0.636. The molecule has 5 heteroatoms. The molecule has 0 aliphatic carbocycles. The third kappa shape index (κ3) is 4.27. The second-order valence-corrected chi connectivity index (χ2v) is 3.59. The van der Waals surface area contributed by atoms with Crippen LogP contribution >= 0.6 is 0 Å². The summed E-state index contributed by atoms with van der Waals surface area (Å²) in [6, 6.07) is 4.68. The van der Waals surface area contributed by atoms with Crippen molar-refractivity contribution in [3.8, 4) is 0 Å². The van der Waals surface area contributed by atoms with Gasteiger partial charge in [-0.25, -0.2) is 0 Å². The molecule has 88 valence electrons. The van der Waals surface area contributed by atoms with Gasteiger partial charge in [0, 0.05) is 25.8 Å². The third-order valence-corrected chi connectivity index (χ3v) is 2.18. The molecule has 0 spiro atoms. The number of anilines is 1. The highest BCUT2D eigenvalue weighted by atomic mass is 16.1. The van der Waals surface area contributed by atoms with Gasteiger partial charge in [0.25, 0.3) is 0 Å². The fourth-order valence-electron chi connectivity index (χ4n) is 1.18. The Balaban J connectivity index is 0.000000280. The lowest BCUT2D eigenvalue weighted by molar-refractivity contribution is -0.109. The zero-order chi connectivity index (χ0) is 11.8. The molecule has 1 saturated heterocycles. The molecule has 0 atom stereocenters. The van der Waals surface area contributed by atoms with Gasteiger partial charge in [-0.3, -0.25) is 9.78 Å². The van der Waals surface area contributed by atoms with Gasteiger partial charge in [-0.1, -0.05) is 0 Å². The van der Waals surface area contributed by atoms with Crippen molar-refractivity contribution in [1.82, 2.24) is 15.6 Å². The highest BCUT2D eigenvalue weighted by Crippen LogP contribution is 2.08. The van der Waals surface area contributed by atoms with Crippen LogP contribution in [0.2, 0.25) is 0 Å². The van der Waals surface area contributed by atoms with Gasteiger partial charge >= 0.3 is 0 Å². The summed E-state index contributed by atoms with van der Waals surface area (Å²) in [5, 5.41) is 8.84. The molecule has 0 unspecified atom stereocenters. The normalized spacial score (nSPS) is 14.1. The van der Waals surface area contributed by atoms with Crippen molar-refractivity contribution in [3.05, 3.63) is 24.0 Å². The van der Waals surface area contributed by atoms with Crippen molar-refractivity contribution in [1.29, 1.82) is 0 Å². The number of nitrogens with zero attached hydrogens (tertiary/aromatic N) is 1. The molecule has 1 fully saturated rings. The lowest BCUT2D eigenvalue weighted by Crippen LogP contribution is -2.51. The van der Waals surface area contributed by atoms with Crippen LogP contribution in [0.1, 0.15) is 5.69 Å². The summed E-state index contributed by atoms with van der Waals surface area (Å²) in [4.78, 5) is 13.3. The van der Waals surface area contributed by atoms with Crippen LogP contribution in [0.4, 0.5) is 5.69 Å². The molecule has 5 nitrogen and oxygen atoms in total. The van der Waals surface area contributed by atoms with Crippen molar-refractivity contribution in [3.63, 3.8) is 0 Å². The maximum absolute atomic E-state index is 9.06. The van der Waals surface area contributed by atoms with E-state index in [4.69, 9.17) is 4.79 Å². The Morgan fingerprint density at radius 3 is 2.56 bits per heavy atom. The fraction of sp³-hybridized carbons (Fsp3) is 0.455. The average molecular weight is 222 g/mol. The van der Waals surface area contributed by atoms with Crippen molar-refractivity contribution in [2.75, 3.05) is 25.5 Å². The predicted octanol–water partition coefficient (Wildman–Crippen LogP) is 0.136. The van der Waals surface area contributed by atoms with Crippen molar-refractivity contribution < 1.29 is 4.79 Å². The van der Waals surface area contributed by atoms with Crippen LogP contribution in [0.5, 0.6) is 0 Å². The topological polar surface area (TPSA) is 66.1 Å². The highest BCUT2D eigenvalue weighted by Gasteiger charge is 2.15. The number of carbonyl (C=O) groups is 1. The summed E-state index contributed by atoms with van der Waals surface area (Å²) < 4.78 is 0. The molecule has 1 aliphatic heterocycles. The van der Waals surface area contributed by atoms with Gasteiger partial charge in [0.1, 0.15) is 0 Å². The molecular weight excluding hydrogens is 204 g/mol. The Labute approximate surface area is 95.7 Å². The van der Waals surface area contributed by atoms with E-state index in [0.717, 1.165) is 24.5 Å². The summed E-state index contributed by atoms with van der Waals surface area (Å²) in [6.07, 6.45) is 2.51. The first-order valence-corrected chi connectivity index (χ1v) is 5.27. The number of rotatable bonds is 3. The molecule has 3 N–H and O–H groups in total. The molecule has 1 amide bonds. The molecule has 16 heavy (non-hydrogen) atoms. The maximum Gasteiger partial charge on any atom is 0.206 e. The van der Waals surface area contributed by atoms with Gasteiger partial charge < -0.3 is 16.0 Å². The Bertz CT molecular complexity index is 308. The molecule has 1 aromatic rings. The number of hydrogen-bond donors (Lipinski definition) is 3. The van der Waals surface area contributed by atoms with E-state index in [1.54, 1.807) is 7.05 Å². The Kier molecular flexibility index (Phi) is 5.28. The average Bonchev–Trinajstić information content (AvgIpc) is 2.26. The van der Waals surface area contributed by atoms with Gasteiger partial charge in [-0.05, 0) is 19.1 Å². The zero-order valence-electron chi connectivity index (χ0n) is 9.66. The summed E-state index contributed by atoms with van der Waals surface area (Å²) in [5.74, 6) is 0. The van der Waals surface area contributed by atoms with Crippen molar-refractivity contribution >= 4 is 12.1 Å². The van der Waals surface area contributed by atoms with E-state index in [1.165, 1.54) is 0 Å². The molecule has 2 heterocycles. The molecule has 0 saturated carbocycles. The fourth-order valence-corrected chi connectivity index (χ4v) is 1.18. The number of aryl methyl sites for hydroxylation is 1. The van der Waals surface area contributed by atoms with E-state index >= 15 is 0 Å². The van der Waals surface area contributed by atoms with Gasteiger partial charge in [0.05, 0.1) is 17.9 Å². The van der Waals surface area contributed by atoms with Crippen LogP contribution in [0.3, 0.4) is 0 Å². The predicted molar refractivity (Wildman–Crippen MR) is 64.4 cm³/mol. The monoisotopic (exact) mass is 222 g/mol. The largest absolute Gasteiger partial charge is 0.379 e. The van der Waals surface area contributed by atoms with E-state index in [0.29, 0.717) is 12.5 Å². The van der Waals surface area contributed by atoms with E-state index in [2.05, 4.69) is 27.0 Å². The molecule has 0 bridgehead atoms. The van der Waals surface area contributed by atoms with E-state index < -0.39 is 0 Å². The molecular formula is C11H18N4O. The number of aromatic nitrogens is 1.